The molecule has 1 saturated carbocycles. The van der Waals surface area contributed by atoms with Crippen LogP contribution in [-0.4, -0.2) is 99.9 Å². The van der Waals surface area contributed by atoms with E-state index in [1.807, 2.05) is 69.3 Å². The zero-order valence-electron chi connectivity index (χ0n) is 31.1. The number of rotatable bonds is 8. The normalized spacial score (nSPS) is 16.1. The van der Waals surface area contributed by atoms with Gasteiger partial charge in [-0.25, -0.2) is 24.7 Å². The second kappa shape index (κ2) is 14.2. The Morgan fingerprint density at radius 3 is 2.00 bits per heavy atom. The molecule has 2 fully saturated rings. The van der Waals surface area contributed by atoms with E-state index in [0.29, 0.717) is 43.1 Å². The van der Waals surface area contributed by atoms with Gasteiger partial charge in [0.05, 0.1) is 62.5 Å². The third kappa shape index (κ3) is 7.07. The standard InChI is InChI=1S/C24H28BrN9O2.C13H10BrN7/c1-23(2,3)33(22(35)36)17-12-32(13-24(17)8-9-24)21-30-19-14(25)10-27-34(19)20(31-21)26-11-18-28-15-6-4-5-7-16(15)29-18;14-8-5-18-21-12(8)16-7-17-13(21)15-6-11-19-9-3-1-2-4-10(9)20-11/h4-7,10,17H,8-9,11-13H2,1-3H3,(H,28,29)(H,35,36)(H,26,30,31);1-5,7H,6H2,(H,19,20)(H,15,16,17)/t17-;/m1./s1. The number of fused-ring (bicyclic) bond motifs is 4. The SMILES string of the molecule is Brc1cnn2c(NCc3nc4ccccc4[nH]3)ncnc12.CC(C)(C)N(C(=O)O)[C@@H]1CN(c2nc(NCc3nc4ccccc4[nH]3)n3ncc(Br)c3n2)CC12CC2. The van der Waals surface area contributed by atoms with Crippen LogP contribution in [0.3, 0.4) is 0 Å². The number of nitrogens with one attached hydrogen (secondary N) is 4. The highest BCUT2D eigenvalue weighted by molar-refractivity contribution is 9.11. The highest BCUT2D eigenvalue weighted by atomic mass is 79.9. The summed E-state index contributed by atoms with van der Waals surface area (Å²) in [5.74, 6) is 3.35. The van der Waals surface area contributed by atoms with Gasteiger partial charge in [0.1, 0.15) is 18.0 Å². The summed E-state index contributed by atoms with van der Waals surface area (Å²) in [5, 5.41) is 25.3. The van der Waals surface area contributed by atoms with Crippen LogP contribution < -0.4 is 15.5 Å². The van der Waals surface area contributed by atoms with E-state index < -0.39 is 11.6 Å². The van der Waals surface area contributed by atoms with Gasteiger partial charge < -0.3 is 30.6 Å². The maximum atomic E-state index is 12.3. The molecule has 1 spiro atoms. The molecule has 18 nitrogen and oxygen atoms in total. The van der Waals surface area contributed by atoms with Crippen molar-refractivity contribution in [3.63, 3.8) is 0 Å². The zero-order valence-corrected chi connectivity index (χ0v) is 34.3. The van der Waals surface area contributed by atoms with Crippen LogP contribution in [0.2, 0.25) is 0 Å². The molecule has 0 unspecified atom stereocenters. The lowest BCUT2D eigenvalue weighted by atomic mass is 9.94. The summed E-state index contributed by atoms with van der Waals surface area (Å²) in [6.45, 7) is 8.08. The predicted molar refractivity (Wildman–Crippen MR) is 221 cm³/mol. The monoisotopic (exact) mass is 896 g/mol. The predicted octanol–water partition coefficient (Wildman–Crippen LogP) is 6.50. The van der Waals surface area contributed by atoms with Crippen LogP contribution in [0.5, 0.6) is 0 Å². The summed E-state index contributed by atoms with van der Waals surface area (Å²) in [6, 6.07) is 15.7. The number of H-pyrrole nitrogens is 2. The highest BCUT2D eigenvalue weighted by Gasteiger charge is 2.60. The number of hydrogen-bond donors (Lipinski definition) is 5. The Balaban J connectivity index is 0.000000170. The van der Waals surface area contributed by atoms with E-state index in [4.69, 9.17) is 9.97 Å². The Kier molecular flexibility index (Phi) is 9.18. The lowest BCUT2D eigenvalue weighted by molar-refractivity contribution is 0.0578. The van der Waals surface area contributed by atoms with Crippen molar-refractivity contribution in [3.8, 4) is 0 Å². The van der Waals surface area contributed by atoms with E-state index in [-0.39, 0.29) is 11.5 Å². The number of halogens is 2. The smallest absolute Gasteiger partial charge is 0.408 e. The zero-order chi connectivity index (χ0) is 39.5. The van der Waals surface area contributed by atoms with Crippen molar-refractivity contribution < 1.29 is 9.90 Å². The van der Waals surface area contributed by atoms with E-state index in [1.165, 1.54) is 6.33 Å². The molecule has 1 saturated heterocycles. The van der Waals surface area contributed by atoms with Gasteiger partial charge in [-0.2, -0.15) is 29.2 Å². The number of hydrogen-bond acceptors (Lipinski definition) is 12. The Labute approximate surface area is 341 Å². The fraction of sp³-hybridized carbons (Fsp3) is 0.324. The van der Waals surface area contributed by atoms with E-state index in [1.54, 1.807) is 26.3 Å². The first-order valence-corrected chi connectivity index (χ1v) is 19.9. The molecule has 57 heavy (non-hydrogen) atoms. The number of para-hydroxylation sites is 4. The molecular weight excluding hydrogens is 860 g/mol. The van der Waals surface area contributed by atoms with Gasteiger partial charge in [-0.05, 0) is 89.7 Å². The van der Waals surface area contributed by atoms with Crippen molar-refractivity contribution in [2.75, 3.05) is 28.6 Å². The lowest BCUT2D eigenvalue weighted by Gasteiger charge is -2.40. The minimum Gasteiger partial charge on any atom is -0.465 e. The lowest BCUT2D eigenvalue weighted by Crippen LogP contribution is -2.54. The molecule has 5 N–H and O–H groups in total. The molecule has 1 aliphatic heterocycles. The van der Waals surface area contributed by atoms with Crippen LogP contribution in [0.1, 0.15) is 45.3 Å². The summed E-state index contributed by atoms with van der Waals surface area (Å²) in [5.41, 5.74) is 4.66. The molecule has 2 aromatic carbocycles. The Bertz CT molecular complexity index is 2700. The van der Waals surface area contributed by atoms with Gasteiger partial charge in [-0.1, -0.05) is 24.3 Å². The number of carboxylic acid groups (broad SMARTS) is 1. The van der Waals surface area contributed by atoms with Gasteiger partial charge in [0.25, 0.3) is 0 Å². The number of imidazole rings is 2. The topological polar surface area (TPSA) is 211 Å². The minimum absolute atomic E-state index is 0.0551. The van der Waals surface area contributed by atoms with Gasteiger partial charge in [-0.3, -0.25) is 4.90 Å². The fourth-order valence-electron chi connectivity index (χ4n) is 7.51. The second-order valence-corrected chi connectivity index (χ2v) is 16.9. The Morgan fingerprint density at radius 1 is 0.842 bits per heavy atom. The van der Waals surface area contributed by atoms with Crippen LogP contribution in [0.15, 0.2) is 76.2 Å². The third-order valence-corrected chi connectivity index (χ3v) is 11.4. The van der Waals surface area contributed by atoms with Gasteiger partial charge in [-0.15, -0.1) is 0 Å². The van der Waals surface area contributed by atoms with Gasteiger partial charge in [0, 0.05) is 24.0 Å². The average molecular weight is 899 g/mol. The second-order valence-electron chi connectivity index (χ2n) is 15.2. The Hall–Kier alpha value is -5.89. The molecule has 0 bridgehead atoms. The number of benzene rings is 2. The summed E-state index contributed by atoms with van der Waals surface area (Å²) in [4.78, 5) is 49.7. The van der Waals surface area contributed by atoms with Crippen LogP contribution in [0.4, 0.5) is 22.6 Å². The van der Waals surface area contributed by atoms with Gasteiger partial charge in [0.2, 0.25) is 17.8 Å². The van der Waals surface area contributed by atoms with E-state index >= 15 is 0 Å². The number of anilines is 3. The molecule has 1 aliphatic carbocycles. The molecule has 292 valence electrons. The number of carbonyl (C=O) groups is 1. The quantitative estimate of drug-likeness (QED) is 0.110. The molecular formula is C37H38Br2N16O2. The van der Waals surface area contributed by atoms with Crippen LogP contribution in [-0.2, 0) is 13.1 Å². The minimum atomic E-state index is -0.885. The molecule has 7 heterocycles. The van der Waals surface area contributed by atoms with Crippen molar-refractivity contribution in [1.29, 1.82) is 0 Å². The van der Waals surface area contributed by atoms with Gasteiger partial charge in [0.15, 0.2) is 11.3 Å². The van der Waals surface area contributed by atoms with Crippen LogP contribution in [0.25, 0.3) is 33.4 Å². The van der Waals surface area contributed by atoms with Crippen molar-refractivity contribution in [2.24, 2.45) is 5.41 Å². The van der Waals surface area contributed by atoms with Crippen LogP contribution in [0, 0.1) is 5.41 Å². The van der Waals surface area contributed by atoms with E-state index in [2.05, 4.69) is 87.5 Å². The third-order valence-electron chi connectivity index (χ3n) is 10.3. The van der Waals surface area contributed by atoms with Crippen LogP contribution >= 0.6 is 31.9 Å². The number of amides is 1. The maximum Gasteiger partial charge on any atom is 0.408 e. The van der Waals surface area contributed by atoms with Gasteiger partial charge >= 0.3 is 6.09 Å². The molecule has 20 heteroatoms. The van der Waals surface area contributed by atoms with Crippen molar-refractivity contribution in [1.82, 2.24) is 64.0 Å². The first-order valence-electron chi connectivity index (χ1n) is 18.3. The highest BCUT2D eigenvalue weighted by Crippen LogP contribution is 2.56. The largest absolute Gasteiger partial charge is 0.465 e. The molecule has 1 amide bonds. The average Bonchev–Trinajstić information content (AvgIpc) is 3.65. The van der Waals surface area contributed by atoms with Crippen molar-refractivity contribution in [3.05, 3.63) is 87.8 Å². The number of nitrogens with zero attached hydrogens (tertiary/aromatic N) is 12. The molecule has 0 radical (unpaired) electrons. The molecule has 10 rings (SSSR count). The molecule has 2 aliphatic rings. The summed E-state index contributed by atoms with van der Waals surface area (Å²) < 4.78 is 4.90. The molecule has 6 aromatic heterocycles. The van der Waals surface area contributed by atoms with Crippen molar-refractivity contribution in [2.45, 2.75) is 58.3 Å². The number of aromatic amines is 2. The first-order chi connectivity index (χ1) is 27.5. The summed E-state index contributed by atoms with van der Waals surface area (Å²) in [6.07, 6.45) is 6.01. The Morgan fingerprint density at radius 2 is 1.42 bits per heavy atom. The molecule has 8 aromatic rings. The fourth-order valence-corrected chi connectivity index (χ4v) is 8.22. The van der Waals surface area contributed by atoms with Crippen molar-refractivity contribution >= 4 is 89.2 Å². The molecule has 1 atom stereocenters. The summed E-state index contributed by atoms with van der Waals surface area (Å²) in [7, 11) is 0. The first kappa shape index (κ1) is 36.7. The number of aromatic nitrogens is 12. The maximum absolute atomic E-state index is 12.3. The van der Waals surface area contributed by atoms with E-state index in [0.717, 1.165) is 67.7 Å². The summed E-state index contributed by atoms with van der Waals surface area (Å²) >= 11 is 6.95. The van der Waals surface area contributed by atoms with E-state index in [9.17, 15) is 9.90 Å².